The van der Waals surface area contributed by atoms with Crippen molar-refractivity contribution in [2.24, 2.45) is 0 Å². The van der Waals surface area contributed by atoms with E-state index in [4.69, 9.17) is 20.4 Å². The first-order valence-corrected chi connectivity index (χ1v) is 9.70. The van der Waals surface area contributed by atoms with Gasteiger partial charge < -0.3 is 25.2 Å². The Morgan fingerprint density at radius 2 is 1.00 bits per heavy atom. The SMILES string of the molecule is O=C(O)c1c(F)c(SSc2c(F)c(F)c(C(=O)O)c(C(=O)O)c2F)c(F)c(F)c1OCO. The minimum atomic E-state index is -2.33. The molecule has 0 bridgehead atoms. The van der Waals surface area contributed by atoms with Crippen LogP contribution in [-0.2, 0) is 0 Å². The Morgan fingerprint density at radius 1 is 0.625 bits per heavy atom. The summed E-state index contributed by atoms with van der Waals surface area (Å²) in [6.45, 7) is -1.37. The van der Waals surface area contributed by atoms with Gasteiger partial charge in [-0.15, -0.1) is 0 Å². The molecule has 0 unspecified atom stereocenters. The molecule has 0 saturated heterocycles. The third kappa shape index (κ3) is 4.28. The monoisotopic (exact) mass is 504 g/mol. The van der Waals surface area contributed by atoms with Crippen LogP contribution in [0.2, 0.25) is 0 Å². The highest BCUT2D eigenvalue weighted by Crippen LogP contribution is 2.46. The van der Waals surface area contributed by atoms with Crippen LogP contribution in [0, 0.1) is 34.9 Å². The normalized spacial score (nSPS) is 10.8. The summed E-state index contributed by atoms with van der Waals surface area (Å²) in [5.41, 5.74) is -5.26. The smallest absolute Gasteiger partial charge is 0.342 e. The minimum absolute atomic E-state index is 0.371. The maximum atomic E-state index is 14.5. The van der Waals surface area contributed by atoms with Crippen molar-refractivity contribution in [2.45, 2.75) is 9.79 Å². The van der Waals surface area contributed by atoms with E-state index in [-0.39, 0.29) is 21.6 Å². The van der Waals surface area contributed by atoms with Crippen LogP contribution in [-0.4, -0.2) is 45.1 Å². The summed E-state index contributed by atoms with van der Waals surface area (Å²) in [7, 11) is -0.761. The lowest BCUT2D eigenvalue weighted by molar-refractivity contribution is 0.0640. The molecule has 172 valence electrons. The van der Waals surface area contributed by atoms with Crippen LogP contribution in [0.25, 0.3) is 0 Å². The molecule has 2 aromatic rings. The number of halogens is 6. The van der Waals surface area contributed by atoms with Crippen LogP contribution in [0.3, 0.4) is 0 Å². The Morgan fingerprint density at radius 3 is 1.41 bits per heavy atom. The summed E-state index contributed by atoms with van der Waals surface area (Å²) in [4.78, 5) is 30.2. The van der Waals surface area contributed by atoms with Gasteiger partial charge in [-0.2, -0.15) is 4.39 Å². The summed E-state index contributed by atoms with van der Waals surface area (Å²) >= 11 is 0. The Kier molecular flexibility index (Phi) is 7.53. The first-order valence-electron chi connectivity index (χ1n) is 7.55. The van der Waals surface area contributed by atoms with E-state index in [1.807, 2.05) is 0 Å². The van der Waals surface area contributed by atoms with E-state index >= 15 is 0 Å². The van der Waals surface area contributed by atoms with Gasteiger partial charge in [0.2, 0.25) is 5.82 Å². The van der Waals surface area contributed by atoms with Crippen LogP contribution in [0.4, 0.5) is 26.3 Å². The third-order valence-electron chi connectivity index (χ3n) is 3.58. The number of carboxylic acid groups (broad SMARTS) is 3. The van der Waals surface area contributed by atoms with Crippen LogP contribution >= 0.6 is 21.6 Å². The second kappa shape index (κ2) is 9.58. The Labute approximate surface area is 179 Å². The van der Waals surface area contributed by atoms with E-state index < -0.39 is 91.8 Å². The van der Waals surface area contributed by atoms with Crippen molar-refractivity contribution in [3.05, 3.63) is 51.6 Å². The molecule has 0 spiro atoms. The molecule has 0 heterocycles. The predicted molar refractivity (Wildman–Crippen MR) is 92.9 cm³/mol. The van der Waals surface area contributed by atoms with Crippen molar-refractivity contribution in [3.63, 3.8) is 0 Å². The highest BCUT2D eigenvalue weighted by molar-refractivity contribution is 8.76. The zero-order valence-corrected chi connectivity index (χ0v) is 16.3. The van der Waals surface area contributed by atoms with Gasteiger partial charge in [0.25, 0.3) is 0 Å². The molecule has 0 saturated carbocycles. The quantitative estimate of drug-likeness (QED) is 0.182. The molecule has 32 heavy (non-hydrogen) atoms. The maximum absolute atomic E-state index is 14.5. The van der Waals surface area contributed by atoms with Gasteiger partial charge in [0.05, 0.1) is 9.79 Å². The zero-order valence-electron chi connectivity index (χ0n) is 14.7. The number of hydrogen-bond acceptors (Lipinski definition) is 7. The number of hydrogen-bond donors (Lipinski definition) is 4. The minimum Gasteiger partial charge on any atom is -0.478 e. The summed E-state index contributed by atoms with van der Waals surface area (Å²) in [5, 5.41) is 35.4. The Bertz CT molecular complexity index is 1160. The lowest BCUT2D eigenvalue weighted by atomic mass is 10.1. The molecule has 2 aromatic carbocycles. The number of ether oxygens (including phenoxy) is 1. The molecule has 0 fully saturated rings. The number of aromatic carboxylic acids is 3. The molecule has 2 rings (SSSR count). The Hall–Kier alpha value is -3.11. The van der Waals surface area contributed by atoms with Crippen molar-refractivity contribution in [1.82, 2.24) is 0 Å². The summed E-state index contributed by atoms with van der Waals surface area (Å²) in [6.07, 6.45) is 0. The van der Waals surface area contributed by atoms with Crippen molar-refractivity contribution >= 4 is 39.5 Å². The van der Waals surface area contributed by atoms with Crippen LogP contribution in [0.15, 0.2) is 9.79 Å². The van der Waals surface area contributed by atoms with E-state index in [0.29, 0.717) is 0 Å². The highest BCUT2D eigenvalue weighted by Gasteiger charge is 2.34. The molecular formula is C16H6F6O8S2. The molecule has 0 aliphatic carbocycles. The van der Waals surface area contributed by atoms with Gasteiger partial charge in [0.15, 0.2) is 41.6 Å². The van der Waals surface area contributed by atoms with E-state index in [1.54, 1.807) is 0 Å². The zero-order chi connectivity index (χ0) is 24.5. The first kappa shape index (κ1) is 25.2. The van der Waals surface area contributed by atoms with Crippen LogP contribution in [0.5, 0.6) is 5.75 Å². The molecule has 16 heteroatoms. The highest BCUT2D eigenvalue weighted by atomic mass is 33.1. The van der Waals surface area contributed by atoms with Crippen molar-refractivity contribution in [2.75, 3.05) is 6.79 Å². The molecule has 0 radical (unpaired) electrons. The molecule has 8 nitrogen and oxygen atoms in total. The van der Waals surface area contributed by atoms with Crippen LogP contribution < -0.4 is 4.74 Å². The lowest BCUT2D eigenvalue weighted by Gasteiger charge is -2.14. The van der Waals surface area contributed by atoms with E-state index in [1.165, 1.54) is 0 Å². The lowest BCUT2D eigenvalue weighted by Crippen LogP contribution is -2.16. The molecule has 0 aliphatic rings. The molecule has 0 aromatic heterocycles. The fourth-order valence-electron chi connectivity index (χ4n) is 2.28. The van der Waals surface area contributed by atoms with Gasteiger partial charge in [0.1, 0.15) is 16.7 Å². The van der Waals surface area contributed by atoms with Crippen molar-refractivity contribution < 1.29 is 65.9 Å². The van der Waals surface area contributed by atoms with E-state index in [2.05, 4.69) is 4.74 Å². The van der Waals surface area contributed by atoms with Crippen LogP contribution in [0.1, 0.15) is 31.1 Å². The first-order chi connectivity index (χ1) is 14.9. The maximum Gasteiger partial charge on any atom is 0.342 e. The average Bonchev–Trinajstić information content (AvgIpc) is 2.69. The van der Waals surface area contributed by atoms with Gasteiger partial charge >= 0.3 is 17.9 Å². The number of carboxylic acids is 3. The molecule has 4 N–H and O–H groups in total. The topological polar surface area (TPSA) is 141 Å². The Balaban J connectivity index is 2.66. The van der Waals surface area contributed by atoms with Gasteiger partial charge in [-0.05, 0) is 21.6 Å². The molecule has 0 amide bonds. The van der Waals surface area contributed by atoms with E-state index in [0.717, 1.165) is 0 Å². The van der Waals surface area contributed by atoms with Gasteiger partial charge in [-0.25, -0.2) is 36.3 Å². The average molecular weight is 504 g/mol. The summed E-state index contributed by atoms with van der Waals surface area (Å²) in [6, 6.07) is 0. The van der Waals surface area contributed by atoms with Gasteiger partial charge in [0, 0.05) is 0 Å². The number of carbonyl (C=O) groups is 3. The largest absolute Gasteiger partial charge is 0.478 e. The van der Waals surface area contributed by atoms with Gasteiger partial charge in [-0.3, -0.25) is 0 Å². The number of aliphatic hydroxyl groups excluding tert-OH is 1. The summed E-state index contributed by atoms with van der Waals surface area (Å²) in [5.74, 6) is -21.2. The second-order valence-corrected chi connectivity index (χ2v) is 7.50. The third-order valence-corrected chi connectivity index (χ3v) is 5.96. The van der Waals surface area contributed by atoms with Gasteiger partial charge in [-0.1, -0.05) is 0 Å². The predicted octanol–water partition coefficient (Wildman–Crippen LogP) is 3.74. The number of rotatable bonds is 8. The van der Waals surface area contributed by atoms with Crippen molar-refractivity contribution in [1.29, 1.82) is 0 Å². The molecule has 0 atom stereocenters. The fourth-order valence-corrected chi connectivity index (χ4v) is 4.50. The molecule has 0 aliphatic heterocycles. The standard InChI is InChI=1S/C16H6F6O8S2/c17-5-2(14(24)25)3(15(26)27)6(18)12(9(5)21)31-32-13-7(19)4(16(28)29)11(30-1-23)8(20)10(13)22/h23H,1H2,(H,24,25)(H,26,27)(H,28,29). The van der Waals surface area contributed by atoms with Crippen molar-refractivity contribution in [3.8, 4) is 5.75 Å². The number of aliphatic hydroxyl groups is 1. The summed E-state index contributed by atoms with van der Waals surface area (Å²) < 4.78 is 89.6. The molecular weight excluding hydrogens is 498 g/mol. The fraction of sp³-hybridized carbons (Fsp3) is 0.0625. The second-order valence-electron chi connectivity index (χ2n) is 5.35. The van der Waals surface area contributed by atoms with E-state index in [9.17, 15) is 40.7 Å². The number of benzene rings is 2.